The molecule has 4 N–H and O–H groups in total. The molecule has 0 spiro atoms. The number of fused-ring (bicyclic) bond motifs is 5. The molecule has 2 saturated carbocycles. The van der Waals surface area contributed by atoms with E-state index in [1.165, 1.54) is 52.0 Å². The molecule has 1 saturated heterocycles. The SMILES string of the molecule is CC(=O)O[C@H]1C(=O)[C@@]2(C)[C@H]([C@H](OC(=O)c3ccccc3)[C@]3(O)C[C@H](OC(=O)[C@H](O)[C@@H](NC(=O)c4ccccc4)c4ccc(C(F)(F)F)cc4)C(C)=C1C3(C)C)[C@]1(OC(C)=O)CO[C@@H]1C[C@@H]2O. The molecular formula is C48H50F3NO14. The average Bonchev–Trinajstić information content (AvgIpc) is 3.26. The van der Waals surface area contributed by atoms with Crippen molar-refractivity contribution in [2.24, 2.45) is 16.7 Å². The van der Waals surface area contributed by atoms with Crippen LogP contribution in [0.25, 0.3) is 0 Å². The number of carbonyl (C=O) groups is 6. The summed E-state index contributed by atoms with van der Waals surface area (Å²) in [6, 6.07) is 16.8. The third kappa shape index (κ3) is 8.07. The molecule has 1 aliphatic heterocycles. The van der Waals surface area contributed by atoms with Gasteiger partial charge in [-0.3, -0.25) is 19.2 Å². The molecule has 0 unspecified atom stereocenters. The fourth-order valence-corrected chi connectivity index (χ4v) is 10.4. The van der Waals surface area contributed by atoms with Gasteiger partial charge in [-0.2, -0.15) is 13.2 Å². The highest BCUT2D eigenvalue weighted by Gasteiger charge is 2.78. The first-order valence-electron chi connectivity index (χ1n) is 21.2. The first kappa shape index (κ1) is 48.0. The van der Waals surface area contributed by atoms with E-state index in [1.807, 2.05) is 0 Å². The lowest BCUT2D eigenvalue weighted by Gasteiger charge is -2.67. The Balaban J connectivity index is 1.38. The van der Waals surface area contributed by atoms with Crippen LogP contribution in [0, 0.1) is 16.7 Å². The number of aliphatic hydroxyl groups is 3. The topological polar surface area (TPSA) is 221 Å². The lowest BCUT2D eigenvalue weighted by Crippen LogP contribution is -2.82. The summed E-state index contributed by atoms with van der Waals surface area (Å²) in [6.45, 7) is 7.50. The highest BCUT2D eigenvalue weighted by atomic mass is 19.4. The molecule has 352 valence electrons. The van der Waals surface area contributed by atoms with E-state index in [2.05, 4.69) is 5.32 Å². The number of hydrogen-bond acceptors (Lipinski definition) is 14. The van der Waals surface area contributed by atoms with Crippen molar-refractivity contribution < 1.29 is 80.9 Å². The number of carbonyl (C=O) groups excluding carboxylic acids is 6. The Hall–Kier alpha value is -5.95. The van der Waals surface area contributed by atoms with Crippen molar-refractivity contribution in [1.82, 2.24) is 5.32 Å². The standard InChI is InChI=1S/C48H50F3NO14/c1-24-31(64-43(60)36(56)35(52-41(58)28-13-9-7-10-14-28)27-17-19-30(20-18-27)48(49,50)51)22-47(61)40(65-42(59)29-15-11-8-12-16-29)38-45(6,32(55)21-33-46(38,23-62-33)66-26(3)54)39(57)37(63-25(2)53)34(24)44(47,4)5/h7-20,31-33,35-38,40,55-56,61H,21-23H2,1-6H3,(H,52,58)/t31-,32-,33+,35-,36+,37+,38-,40-,45+,46-,47+/m0/s1. The van der Waals surface area contributed by atoms with Crippen LogP contribution in [0.15, 0.2) is 96.1 Å². The molecule has 66 heavy (non-hydrogen) atoms. The number of rotatable bonds is 10. The van der Waals surface area contributed by atoms with E-state index in [-0.39, 0.29) is 40.9 Å². The second-order valence-corrected chi connectivity index (χ2v) is 18.1. The zero-order valence-electron chi connectivity index (χ0n) is 36.8. The van der Waals surface area contributed by atoms with Crippen molar-refractivity contribution in [2.75, 3.05) is 6.61 Å². The number of nitrogens with one attached hydrogen (secondary N) is 1. The van der Waals surface area contributed by atoms with Crippen molar-refractivity contribution in [3.63, 3.8) is 0 Å². The Morgan fingerprint density at radius 2 is 1.44 bits per heavy atom. The number of benzene rings is 3. The van der Waals surface area contributed by atoms with E-state index >= 15 is 4.79 Å². The molecule has 0 radical (unpaired) electrons. The number of esters is 4. The molecule has 1 heterocycles. The predicted octanol–water partition coefficient (Wildman–Crippen LogP) is 4.75. The molecule has 11 atom stereocenters. The van der Waals surface area contributed by atoms with E-state index < -0.39 is 124 Å². The van der Waals surface area contributed by atoms with Crippen LogP contribution >= 0.6 is 0 Å². The zero-order chi connectivity index (χ0) is 48.3. The Kier molecular flexibility index (Phi) is 12.6. The fourth-order valence-electron chi connectivity index (χ4n) is 10.4. The molecule has 1 amide bonds. The second kappa shape index (κ2) is 17.4. The van der Waals surface area contributed by atoms with Gasteiger partial charge in [0.25, 0.3) is 5.91 Å². The lowest BCUT2D eigenvalue weighted by atomic mass is 9.44. The maximum Gasteiger partial charge on any atom is 0.416 e. The van der Waals surface area contributed by atoms with Crippen molar-refractivity contribution in [3.05, 3.63) is 118 Å². The van der Waals surface area contributed by atoms with Gasteiger partial charge < -0.3 is 44.3 Å². The molecule has 3 aliphatic carbocycles. The van der Waals surface area contributed by atoms with Gasteiger partial charge in [0.05, 0.1) is 41.2 Å². The number of hydrogen-bond donors (Lipinski definition) is 4. The molecule has 2 bridgehead atoms. The largest absolute Gasteiger partial charge is 0.456 e. The molecule has 3 aromatic rings. The highest BCUT2D eigenvalue weighted by Crippen LogP contribution is 2.64. The van der Waals surface area contributed by atoms with Crippen LogP contribution in [-0.4, -0.2) is 105 Å². The van der Waals surface area contributed by atoms with Crippen molar-refractivity contribution >= 4 is 35.6 Å². The van der Waals surface area contributed by atoms with E-state index in [0.717, 1.165) is 26.0 Å². The van der Waals surface area contributed by atoms with Gasteiger partial charge in [0.15, 0.2) is 23.6 Å². The van der Waals surface area contributed by atoms with Crippen molar-refractivity contribution in [1.29, 1.82) is 0 Å². The molecule has 18 heteroatoms. The van der Waals surface area contributed by atoms with Gasteiger partial charge in [-0.1, -0.05) is 62.4 Å². The van der Waals surface area contributed by atoms with Crippen LogP contribution in [0.3, 0.4) is 0 Å². The van der Waals surface area contributed by atoms with Gasteiger partial charge in [-0.05, 0) is 67.0 Å². The molecule has 3 fully saturated rings. The van der Waals surface area contributed by atoms with Gasteiger partial charge in [-0.15, -0.1) is 0 Å². The van der Waals surface area contributed by atoms with Gasteiger partial charge in [0.1, 0.15) is 23.9 Å². The highest BCUT2D eigenvalue weighted by molar-refractivity contribution is 5.96. The van der Waals surface area contributed by atoms with Gasteiger partial charge in [0.2, 0.25) is 0 Å². The summed E-state index contributed by atoms with van der Waals surface area (Å²) in [5.41, 5.74) is -9.41. The molecule has 4 aliphatic rings. The number of alkyl halides is 3. The fraction of sp³-hybridized carbons (Fsp3) is 0.458. The minimum Gasteiger partial charge on any atom is -0.456 e. The first-order valence-corrected chi connectivity index (χ1v) is 21.2. The monoisotopic (exact) mass is 921 g/mol. The van der Waals surface area contributed by atoms with Crippen molar-refractivity contribution in [2.45, 2.75) is 114 Å². The molecule has 15 nitrogen and oxygen atoms in total. The van der Waals surface area contributed by atoms with E-state index in [4.69, 9.17) is 23.7 Å². The van der Waals surface area contributed by atoms with Crippen LogP contribution in [0.4, 0.5) is 13.2 Å². The van der Waals surface area contributed by atoms with Crippen LogP contribution < -0.4 is 5.32 Å². The minimum atomic E-state index is -4.75. The van der Waals surface area contributed by atoms with Crippen LogP contribution in [0.2, 0.25) is 0 Å². The van der Waals surface area contributed by atoms with E-state index in [1.54, 1.807) is 36.4 Å². The number of aliphatic hydroxyl groups excluding tert-OH is 2. The number of ether oxygens (including phenoxy) is 5. The molecule has 7 rings (SSSR count). The number of amides is 1. The van der Waals surface area contributed by atoms with Gasteiger partial charge in [-0.25, -0.2) is 9.59 Å². The van der Waals surface area contributed by atoms with Gasteiger partial charge in [0, 0.05) is 37.7 Å². The number of ketones is 1. The molecule has 0 aromatic heterocycles. The Bertz CT molecular complexity index is 2440. The maximum atomic E-state index is 15.5. The Labute approximate surface area is 377 Å². The normalized spacial score (nSPS) is 30.9. The van der Waals surface area contributed by atoms with Crippen molar-refractivity contribution in [3.8, 4) is 0 Å². The smallest absolute Gasteiger partial charge is 0.416 e. The summed E-state index contributed by atoms with van der Waals surface area (Å²) >= 11 is 0. The third-order valence-corrected chi connectivity index (χ3v) is 13.9. The Morgan fingerprint density at radius 1 is 0.848 bits per heavy atom. The predicted molar refractivity (Wildman–Crippen MR) is 223 cm³/mol. The summed E-state index contributed by atoms with van der Waals surface area (Å²) in [5.74, 6) is -7.65. The van der Waals surface area contributed by atoms with Gasteiger partial charge >= 0.3 is 30.1 Å². The number of Topliss-reactive ketones (excluding diaryl/α,β-unsaturated/α-hetero) is 1. The third-order valence-electron chi connectivity index (χ3n) is 13.9. The first-order chi connectivity index (χ1) is 30.9. The summed E-state index contributed by atoms with van der Waals surface area (Å²) in [7, 11) is 0. The average molecular weight is 922 g/mol. The minimum absolute atomic E-state index is 0.00630. The second-order valence-electron chi connectivity index (χ2n) is 18.1. The van der Waals surface area contributed by atoms with E-state index in [0.29, 0.717) is 12.1 Å². The lowest BCUT2D eigenvalue weighted by molar-refractivity contribution is -0.346. The summed E-state index contributed by atoms with van der Waals surface area (Å²) in [4.78, 5) is 83.6. The quantitative estimate of drug-likeness (QED) is 0.123. The maximum absolute atomic E-state index is 15.5. The summed E-state index contributed by atoms with van der Waals surface area (Å²) in [5, 5.41) is 40.0. The van der Waals surface area contributed by atoms with Crippen LogP contribution in [-0.2, 0) is 49.0 Å². The van der Waals surface area contributed by atoms with E-state index in [9.17, 15) is 52.5 Å². The number of halogens is 3. The molecular weight excluding hydrogens is 872 g/mol. The zero-order valence-corrected chi connectivity index (χ0v) is 36.8. The summed E-state index contributed by atoms with van der Waals surface area (Å²) in [6.07, 6.45) is -16.2. The molecule has 3 aromatic carbocycles. The Morgan fingerprint density at radius 3 is 1.97 bits per heavy atom. The summed E-state index contributed by atoms with van der Waals surface area (Å²) < 4.78 is 70.8. The van der Waals surface area contributed by atoms with Crippen LogP contribution in [0.1, 0.15) is 92.3 Å². The van der Waals surface area contributed by atoms with Crippen LogP contribution in [0.5, 0.6) is 0 Å².